The molecule has 0 N–H and O–H groups in total. The number of ether oxygens (including phenoxy) is 1. The van der Waals surface area contributed by atoms with Gasteiger partial charge in [0, 0.05) is 5.57 Å². The molecule has 2 nitrogen and oxygen atoms in total. The number of esters is 1. The Morgan fingerprint density at radius 2 is 1.00 bits per heavy atom. The molecule has 0 aromatic heterocycles. The molecular weight excluding hydrogens is 296 g/mol. The van der Waals surface area contributed by atoms with Crippen molar-refractivity contribution >= 4 is 5.97 Å². The van der Waals surface area contributed by atoms with Crippen molar-refractivity contribution in [2.75, 3.05) is 0 Å². The van der Waals surface area contributed by atoms with Gasteiger partial charge in [-0.15, -0.1) is 0 Å². The summed E-state index contributed by atoms with van der Waals surface area (Å²) in [4.78, 5) is 13.0. The van der Waals surface area contributed by atoms with E-state index in [2.05, 4.69) is 55.4 Å². The first-order chi connectivity index (χ1) is 10.8. The van der Waals surface area contributed by atoms with Gasteiger partial charge in [0.25, 0.3) is 0 Å². The quantitative estimate of drug-likeness (QED) is 0.428. The highest BCUT2D eigenvalue weighted by molar-refractivity contribution is 5.99. The minimum atomic E-state index is -0.475. The van der Waals surface area contributed by atoms with Gasteiger partial charge in [-0.25, -0.2) is 4.79 Å². The highest BCUT2D eigenvalue weighted by Gasteiger charge is 2.74. The Bertz CT molecular complexity index is 699. The van der Waals surface area contributed by atoms with Gasteiger partial charge < -0.3 is 4.74 Å². The third-order valence-corrected chi connectivity index (χ3v) is 7.40. The minimum absolute atomic E-state index is 0.0283. The van der Waals surface area contributed by atoms with Crippen molar-refractivity contribution < 1.29 is 9.53 Å². The first-order valence-corrected chi connectivity index (χ1v) is 9.53. The van der Waals surface area contributed by atoms with Crippen LogP contribution in [0.25, 0.3) is 0 Å². The van der Waals surface area contributed by atoms with E-state index in [9.17, 15) is 4.79 Å². The first kappa shape index (κ1) is 16.4. The molecule has 0 amide bonds. The number of carbonyl (C=O) groups is 1. The fourth-order valence-electron chi connectivity index (χ4n) is 5.94. The van der Waals surface area contributed by atoms with E-state index in [1.54, 1.807) is 0 Å². The molecule has 0 fully saturated rings. The largest absolute Gasteiger partial charge is 0.442 e. The molecule has 0 unspecified atom stereocenters. The molecular formula is C22H32O2. The van der Waals surface area contributed by atoms with Gasteiger partial charge in [0.1, 0.15) is 0 Å². The molecule has 132 valence electrons. The summed E-state index contributed by atoms with van der Waals surface area (Å²) in [7, 11) is 0. The van der Waals surface area contributed by atoms with Gasteiger partial charge in [-0.05, 0) is 64.1 Å². The lowest BCUT2D eigenvalue weighted by Crippen LogP contribution is -2.37. The second kappa shape index (κ2) is 4.02. The number of rotatable bonds is 0. The van der Waals surface area contributed by atoms with Crippen LogP contribution in [0.3, 0.4) is 0 Å². The average Bonchev–Trinajstić information content (AvgIpc) is 2.98. The van der Waals surface area contributed by atoms with Crippen molar-refractivity contribution in [2.45, 2.75) is 86.7 Å². The fourth-order valence-corrected chi connectivity index (χ4v) is 5.94. The van der Waals surface area contributed by atoms with Crippen LogP contribution in [0.2, 0.25) is 0 Å². The van der Waals surface area contributed by atoms with E-state index in [0.717, 1.165) is 18.4 Å². The van der Waals surface area contributed by atoms with E-state index in [4.69, 9.17) is 4.74 Å². The summed E-state index contributed by atoms with van der Waals surface area (Å²) < 4.78 is 6.31. The van der Waals surface area contributed by atoms with Crippen molar-refractivity contribution in [3.63, 3.8) is 0 Å². The monoisotopic (exact) mass is 328 g/mol. The molecule has 0 saturated heterocycles. The summed E-state index contributed by atoms with van der Waals surface area (Å²) in [5.74, 6) is -0.0521. The summed E-state index contributed by atoms with van der Waals surface area (Å²) >= 11 is 0. The Labute approximate surface area is 146 Å². The van der Waals surface area contributed by atoms with Crippen LogP contribution in [0, 0.1) is 21.7 Å². The van der Waals surface area contributed by atoms with Gasteiger partial charge in [0.2, 0.25) is 0 Å². The van der Waals surface area contributed by atoms with Crippen LogP contribution in [0.1, 0.15) is 81.1 Å². The highest BCUT2D eigenvalue weighted by Crippen LogP contribution is 2.75. The lowest BCUT2D eigenvalue weighted by Gasteiger charge is -2.41. The van der Waals surface area contributed by atoms with Gasteiger partial charge in [0.15, 0.2) is 5.60 Å². The summed E-state index contributed by atoms with van der Waals surface area (Å²) in [5.41, 5.74) is 4.88. The van der Waals surface area contributed by atoms with E-state index in [-0.39, 0.29) is 27.6 Å². The van der Waals surface area contributed by atoms with Gasteiger partial charge in [-0.2, -0.15) is 0 Å². The number of carbonyl (C=O) groups excluding carboxylic acids is 1. The van der Waals surface area contributed by atoms with E-state index in [1.165, 1.54) is 29.6 Å². The van der Waals surface area contributed by atoms with Crippen molar-refractivity contribution in [2.24, 2.45) is 21.7 Å². The summed E-state index contributed by atoms with van der Waals surface area (Å²) in [6.07, 6.45) is 4.52. The molecule has 2 heteroatoms. The van der Waals surface area contributed by atoms with Gasteiger partial charge >= 0.3 is 5.97 Å². The smallest absolute Gasteiger partial charge is 0.336 e. The average molecular weight is 328 g/mol. The molecule has 4 rings (SSSR count). The number of hydrogen-bond donors (Lipinski definition) is 0. The van der Waals surface area contributed by atoms with Crippen molar-refractivity contribution in [3.8, 4) is 0 Å². The van der Waals surface area contributed by atoms with E-state index in [1.807, 2.05) is 0 Å². The van der Waals surface area contributed by atoms with Crippen molar-refractivity contribution in [1.82, 2.24) is 0 Å². The lowest BCUT2D eigenvalue weighted by atomic mass is 9.60. The van der Waals surface area contributed by atoms with Crippen LogP contribution >= 0.6 is 0 Å². The number of fused-ring (bicyclic) bond motifs is 3. The molecule has 4 aliphatic rings. The Hall–Kier alpha value is -1.05. The Balaban J connectivity index is 1.97. The molecule has 3 aliphatic carbocycles. The molecule has 1 aliphatic heterocycles. The van der Waals surface area contributed by atoms with Crippen LogP contribution in [-0.4, -0.2) is 11.6 Å². The van der Waals surface area contributed by atoms with Crippen LogP contribution < -0.4 is 0 Å². The van der Waals surface area contributed by atoms with Crippen LogP contribution in [0.5, 0.6) is 0 Å². The maximum atomic E-state index is 13.0. The zero-order valence-corrected chi connectivity index (χ0v) is 16.6. The Morgan fingerprint density at radius 1 is 0.625 bits per heavy atom. The Kier molecular flexibility index (Phi) is 2.75. The summed E-state index contributed by atoms with van der Waals surface area (Å²) in [6, 6.07) is 0. The Morgan fingerprint density at radius 3 is 1.46 bits per heavy atom. The van der Waals surface area contributed by atoms with E-state index >= 15 is 0 Å². The molecule has 0 aromatic rings. The lowest BCUT2D eigenvalue weighted by molar-refractivity contribution is -0.141. The zero-order valence-electron chi connectivity index (χ0n) is 16.6. The first-order valence-electron chi connectivity index (χ1n) is 9.53. The second-order valence-electron chi connectivity index (χ2n) is 11.1. The van der Waals surface area contributed by atoms with Crippen LogP contribution in [0.4, 0.5) is 0 Å². The third-order valence-electron chi connectivity index (χ3n) is 7.40. The minimum Gasteiger partial charge on any atom is -0.442 e. The summed E-state index contributed by atoms with van der Waals surface area (Å²) in [5, 5.41) is 0. The SMILES string of the molecule is CC1(C)CCC(C)(C)C2=C1C(=O)OC21C2=C1C(C)(C)CCC2(C)C. The fraction of sp³-hybridized carbons (Fsp3) is 0.773. The van der Waals surface area contributed by atoms with Gasteiger partial charge in [-0.3, -0.25) is 0 Å². The zero-order chi connectivity index (χ0) is 17.9. The second-order valence-corrected chi connectivity index (χ2v) is 11.1. The standard InChI is InChI=1S/C22H32O2/c1-18(2)9-10-19(3,4)14-13(18)17(23)24-22(14)15-16(22)21(7,8)12-11-20(15,5)6/h9-12H2,1-8H3. The predicted molar refractivity (Wildman–Crippen MR) is 96.5 cm³/mol. The van der Waals surface area contributed by atoms with Gasteiger partial charge in [-0.1, -0.05) is 55.4 Å². The molecule has 0 aromatic carbocycles. The normalized spacial score (nSPS) is 33.2. The van der Waals surface area contributed by atoms with Crippen molar-refractivity contribution in [3.05, 3.63) is 22.3 Å². The third kappa shape index (κ3) is 1.70. The maximum Gasteiger partial charge on any atom is 0.336 e. The predicted octanol–water partition coefficient (Wildman–Crippen LogP) is 5.58. The van der Waals surface area contributed by atoms with Crippen LogP contribution in [0.15, 0.2) is 22.3 Å². The maximum absolute atomic E-state index is 13.0. The van der Waals surface area contributed by atoms with Gasteiger partial charge in [0.05, 0.1) is 0 Å². The van der Waals surface area contributed by atoms with Crippen LogP contribution in [-0.2, 0) is 9.53 Å². The molecule has 0 saturated carbocycles. The van der Waals surface area contributed by atoms with E-state index in [0.29, 0.717) is 0 Å². The molecule has 0 atom stereocenters. The summed E-state index contributed by atoms with van der Waals surface area (Å²) in [6.45, 7) is 18.4. The molecule has 0 radical (unpaired) electrons. The topological polar surface area (TPSA) is 26.3 Å². The van der Waals surface area contributed by atoms with Crippen molar-refractivity contribution in [1.29, 1.82) is 0 Å². The number of hydrogen-bond acceptors (Lipinski definition) is 2. The molecule has 1 heterocycles. The highest BCUT2D eigenvalue weighted by atomic mass is 16.6. The molecule has 1 spiro atoms. The molecule has 24 heavy (non-hydrogen) atoms. The van der Waals surface area contributed by atoms with E-state index < -0.39 is 5.60 Å². The molecule has 0 bridgehead atoms.